The van der Waals surface area contributed by atoms with Gasteiger partial charge in [-0.3, -0.25) is 14.4 Å². The van der Waals surface area contributed by atoms with Crippen molar-refractivity contribution in [3.8, 4) is 0 Å². The predicted octanol–water partition coefficient (Wildman–Crippen LogP) is 14.9. The second-order valence-electron chi connectivity index (χ2n) is 16.0. The zero-order valence-corrected chi connectivity index (χ0v) is 35.8. The number of hydrogen-bond acceptors (Lipinski definition) is 6. The molecular formula is C47H90O6. The van der Waals surface area contributed by atoms with Crippen LogP contribution in [0.15, 0.2) is 0 Å². The number of hydrogen-bond donors (Lipinski definition) is 0. The van der Waals surface area contributed by atoms with E-state index in [-0.39, 0.29) is 31.1 Å². The van der Waals surface area contributed by atoms with Gasteiger partial charge in [-0.1, -0.05) is 226 Å². The first-order chi connectivity index (χ1) is 26.0. The molecule has 0 heterocycles. The lowest BCUT2D eigenvalue weighted by atomic mass is 10.0. The van der Waals surface area contributed by atoms with Crippen molar-refractivity contribution in [2.75, 3.05) is 13.2 Å². The van der Waals surface area contributed by atoms with Crippen LogP contribution in [0.5, 0.6) is 0 Å². The third-order valence-electron chi connectivity index (χ3n) is 10.6. The lowest BCUT2D eigenvalue weighted by molar-refractivity contribution is -0.167. The predicted molar refractivity (Wildman–Crippen MR) is 224 cm³/mol. The molecule has 1 unspecified atom stereocenters. The van der Waals surface area contributed by atoms with E-state index >= 15 is 0 Å². The van der Waals surface area contributed by atoms with Crippen molar-refractivity contribution in [1.29, 1.82) is 0 Å². The minimum absolute atomic E-state index is 0.0626. The second-order valence-corrected chi connectivity index (χ2v) is 16.0. The molecule has 0 saturated carbocycles. The Kier molecular flexibility index (Phi) is 41.8. The molecule has 0 bridgehead atoms. The van der Waals surface area contributed by atoms with Gasteiger partial charge >= 0.3 is 17.9 Å². The lowest BCUT2D eigenvalue weighted by Gasteiger charge is -2.18. The van der Waals surface area contributed by atoms with Crippen molar-refractivity contribution in [2.24, 2.45) is 0 Å². The molecule has 0 saturated heterocycles. The number of ether oxygens (including phenoxy) is 3. The van der Waals surface area contributed by atoms with Crippen molar-refractivity contribution in [2.45, 2.75) is 271 Å². The first-order valence-corrected chi connectivity index (χ1v) is 23.5. The molecule has 0 spiro atoms. The summed E-state index contributed by atoms with van der Waals surface area (Å²) in [7, 11) is 0. The fraction of sp³-hybridized carbons (Fsp3) is 0.936. The van der Waals surface area contributed by atoms with Gasteiger partial charge in [-0.25, -0.2) is 0 Å². The number of unbranched alkanes of at least 4 members (excludes halogenated alkanes) is 32. The number of carbonyl (C=O) groups is 3. The van der Waals surface area contributed by atoms with E-state index in [0.717, 1.165) is 57.8 Å². The van der Waals surface area contributed by atoms with Gasteiger partial charge in [0, 0.05) is 19.3 Å². The number of carbonyl (C=O) groups excluding carboxylic acids is 3. The SMILES string of the molecule is CCCCCCCCCCCCCCCCCC(=O)OCC(COC(=O)CCCCCCCCCCCC)OC(=O)CCCCCCCCCCCC. The Morgan fingerprint density at radius 3 is 0.755 bits per heavy atom. The van der Waals surface area contributed by atoms with Crippen LogP contribution >= 0.6 is 0 Å². The summed E-state index contributed by atoms with van der Waals surface area (Å²) in [4.78, 5) is 37.7. The van der Waals surface area contributed by atoms with Crippen molar-refractivity contribution in [3.05, 3.63) is 0 Å². The van der Waals surface area contributed by atoms with Crippen molar-refractivity contribution in [1.82, 2.24) is 0 Å². The summed E-state index contributed by atoms with van der Waals surface area (Å²) in [5.74, 6) is -0.852. The average molecular weight is 751 g/mol. The molecule has 0 aromatic heterocycles. The minimum atomic E-state index is -0.757. The van der Waals surface area contributed by atoms with Crippen LogP contribution in [-0.2, 0) is 28.6 Å². The van der Waals surface area contributed by atoms with Crippen LogP contribution < -0.4 is 0 Å². The van der Waals surface area contributed by atoms with Gasteiger partial charge in [0.1, 0.15) is 13.2 Å². The molecule has 6 heteroatoms. The Morgan fingerprint density at radius 1 is 0.302 bits per heavy atom. The van der Waals surface area contributed by atoms with E-state index in [0.29, 0.717) is 19.3 Å². The maximum Gasteiger partial charge on any atom is 0.306 e. The lowest BCUT2D eigenvalue weighted by Crippen LogP contribution is -2.30. The highest BCUT2D eigenvalue weighted by molar-refractivity contribution is 5.71. The highest BCUT2D eigenvalue weighted by Gasteiger charge is 2.19. The van der Waals surface area contributed by atoms with Crippen LogP contribution in [0.3, 0.4) is 0 Å². The fourth-order valence-electron chi connectivity index (χ4n) is 7.03. The van der Waals surface area contributed by atoms with Crippen molar-refractivity contribution < 1.29 is 28.6 Å². The molecule has 314 valence electrons. The zero-order valence-electron chi connectivity index (χ0n) is 35.8. The Balaban J connectivity index is 4.27. The summed E-state index contributed by atoms with van der Waals surface area (Å²) in [6, 6.07) is 0. The second kappa shape index (κ2) is 43.1. The normalized spacial score (nSPS) is 11.8. The van der Waals surface area contributed by atoms with Crippen LogP contribution in [0.4, 0.5) is 0 Å². The quantitative estimate of drug-likeness (QED) is 0.0351. The summed E-state index contributed by atoms with van der Waals surface area (Å²) in [5.41, 5.74) is 0. The average Bonchev–Trinajstić information content (AvgIpc) is 3.15. The van der Waals surface area contributed by atoms with Crippen LogP contribution in [-0.4, -0.2) is 37.2 Å². The molecule has 0 amide bonds. The monoisotopic (exact) mass is 751 g/mol. The standard InChI is InChI=1S/C47H90O6/c1-4-7-10-13-16-19-22-23-24-25-26-29-31-34-37-40-46(49)52-43-44(53-47(50)41-38-35-32-28-21-18-15-12-9-6-3)42-51-45(48)39-36-33-30-27-20-17-14-11-8-5-2/h44H,4-43H2,1-3H3. The number of rotatable bonds is 43. The summed E-state index contributed by atoms with van der Waals surface area (Å²) in [5, 5.41) is 0. The largest absolute Gasteiger partial charge is 0.462 e. The molecule has 1 atom stereocenters. The highest BCUT2D eigenvalue weighted by Crippen LogP contribution is 2.16. The Hall–Kier alpha value is -1.59. The smallest absolute Gasteiger partial charge is 0.306 e. The molecule has 0 aliphatic heterocycles. The van der Waals surface area contributed by atoms with E-state index < -0.39 is 6.10 Å². The Bertz CT molecular complexity index is 783. The molecule has 0 N–H and O–H groups in total. The van der Waals surface area contributed by atoms with E-state index in [1.807, 2.05) is 0 Å². The van der Waals surface area contributed by atoms with Gasteiger partial charge in [0.25, 0.3) is 0 Å². The zero-order chi connectivity index (χ0) is 38.7. The molecule has 0 aromatic carbocycles. The number of esters is 3. The highest BCUT2D eigenvalue weighted by atomic mass is 16.6. The molecular weight excluding hydrogens is 661 g/mol. The van der Waals surface area contributed by atoms with Gasteiger partial charge in [0.05, 0.1) is 0 Å². The van der Waals surface area contributed by atoms with E-state index in [4.69, 9.17) is 14.2 Å². The van der Waals surface area contributed by atoms with E-state index in [1.54, 1.807) is 0 Å². The fourth-order valence-corrected chi connectivity index (χ4v) is 7.03. The van der Waals surface area contributed by atoms with Gasteiger partial charge in [-0.2, -0.15) is 0 Å². The minimum Gasteiger partial charge on any atom is -0.462 e. The Labute approximate surface area is 329 Å². The Morgan fingerprint density at radius 2 is 0.509 bits per heavy atom. The topological polar surface area (TPSA) is 78.9 Å². The maximum atomic E-state index is 12.7. The van der Waals surface area contributed by atoms with E-state index in [1.165, 1.54) is 167 Å². The van der Waals surface area contributed by atoms with Crippen LogP contribution in [0, 0.1) is 0 Å². The third kappa shape index (κ3) is 41.4. The van der Waals surface area contributed by atoms with E-state index in [2.05, 4.69) is 20.8 Å². The van der Waals surface area contributed by atoms with Gasteiger partial charge in [-0.15, -0.1) is 0 Å². The molecule has 0 fully saturated rings. The molecule has 53 heavy (non-hydrogen) atoms. The summed E-state index contributed by atoms with van der Waals surface area (Å²) in [6.45, 7) is 6.64. The summed E-state index contributed by atoms with van der Waals surface area (Å²) >= 11 is 0. The van der Waals surface area contributed by atoms with Gasteiger partial charge in [-0.05, 0) is 19.3 Å². The molecule has 0 rings (SSSR count). The summed E-state index contributed by atoms with van der Waals surface area (Å²) in [6.07, 6.45) is 43.7. The maximum absolute atomic E-state index is 12.7. The first-order valence-electron chi connectivity index (χ1n) is 23.5. The first kappa shape index (κ1) is 51.4. The van der Waals surface area contributed by atoms with Crippen LogP contribution in [0.2, 0.25) is 0 Å². The van der Waals surface area contributed by atoms with E-state index in [9.17, 15) is 14.4 Å². The molecule has 6 nitrogen and oxygen atoms in total. The van der Waals surface area contributed by atoms with Crippen molar-refractivity contribution >= 4 is 17.9 Å². The van der Waals surface area contributed by atoms with Gasteiger partial charge in [0.2, 0.25) is 0 Å². The van der Waals surface area contributed by atoms with Gasteiger partial charge in [0.15, 0.2) is 6.10 Å². The molecule has 0 aromatic rings. The third-order valence-corrected chi connectivity index (χ3v) is 10.6. The molecule has 0 aliphatic rings. The van der Waals surface area contributed by atoms with Gasteiger partial charge < -0.3 is 14.2 Å². The van der Waals surface area contributed by atoms with Crippen LogP contribution in [0.1, 0.15) is 265 Å². The summed E-state index contributed by atoms with van der Waals surface area (Å²) < 4.78 is 16.7. The molecule has 0 radical (unpaired) electrons. The van der Waals surface area contributed by atoms with Crippen LogP contribution in [0.25, 0.3) is 0 Å². The van der Waals surface area contributed by atoms with Crippen molar-refractivity contribution in [3.63, 3.8) is 0 Å². The molecule has 0 aliphatic carbocycles.